The third kappa shape index (κ3) is 1.82. The van der Waals surface area contributed by atoms with Gasteiger partial charge in [-0.15, -0.1) is 0 Å². The molecule has 1 heterocycles. The van der Waals surface area contributed by atoms with Gasteiger partial charge in [-0.2, -0.15) is 0 Å². The summed E-state index contributed by atoms with van der Waals surface area (Å²) >= 11 is 0. The lowest BCUT2D eigenvalue weighted by molar-refractivity contribution is 0.0591. The third-order valence-electron chi connectivity index (χ3n) is 2.25. The van der Waals surface area contributed by atoms with Crippen molar-refractivity contribution in [1.82, 2.24) is 4.57 Å². The van der Waals surface area contributed by atoms with Crippen molar-refractivity contribution < 1.29 is 13.9 Å². The minimum atomic E-state index is -0.422. The van der Waals surface area contributed by atoms with E-state index in [0.29, 0.717) is 11.4 Å². The number of nitrogens with zero attached hydrogens (tertiary/aromatic N) is 1. The van der Waals surface area contributed by atoms with Crippen molar-refractivity contribution in [3.63, 3.8) is 0 Å². The first-order valence-corrected chi connectivity index (χ1v) is 4.74. The van der Waals surface area contributed by atoms with Crippen LogP contribution in [0.4, 0.5) is 4.39 Å². The van der Waals surface area contributed by atoms with Gasteiger partial charge >= 0.3 is 5.97 Å². The predicted molar refractivity (Wildman–Crippen MR) is 57.1 cm³/mol. The first kappa shape index (κ1) is 10.4. The Morgan fingerprint density at radius 3 is 2.56 bits per heavy atom. The van der Waals surface area contributed by atoms with E-state index in [1.165, 1.54) is 19.2 Å². The second-order valence-electron chi connectivity index (χ2n) is 3.23. The van der Waals surface area contributed by atoms with Crippen LogP contribution >= 0.6 is 0 Å². The molecule has 2 aromatic rings. The molecule has 0 radical (unpaired) electrons. The van der Waals surface area contributed by atoms with Crippen molar-refractivity contribution in [3.8, 4) is 5.69 Å². The van der Waals surface area contributed by atoms with Gasteiger partial charge in [0, 0.05) is 11.9 Å². The van der Waals surface area contributed by atoms with E-state index in [-0.39, 0.29) is 5.82 Å². The van der Waals surface area contributed by atoms with E-state index < -0.39 is 5.97 Å². The number of benzene rings is 1. The lowest BCUT2D eigenvalue weighted by Crippen LogP contribution is -2.08. The number of methoxy groups -OCH3 is 1. The van der Waals surface area contributed by atoms with E-state index >= 15 is 0 Å². The Kier molecular flexibility index (Phi) is 2.72. The largest absolute Gasteiger partial charge is 0.464 e. The zero-order valence-corrected chi connectivity index (χ0v) is 8.68. The predicted octanol–water partition coefficient (Wildman–Crippen LogP) is 2.40. The molecule has 0 aliphatic heterocycles. The topological polar surface area (TPSA) is 31.2 Å². The molecule has 0 saturated carbocycles. The fraction of sp³-hybridized carbons (Fsp3) is 0.0833. The van der Waals surface area contributed by atoms with Gasteiger partial charge in [-0.1, -0.05) is 0 Å². The summed E-state index contributed by atoms with van der Waals surface area (Å²) in [6.45, 7) is 0. The molecule has 0 saturated heterocycles. The summed E-state index contributed by atoms with van der Waals surface area (Å²) in [6, 6.07) is 9.27. The van der Waals surface area contributed by atoms with Crippen LogP contribution in [-0.4, -0.2) is 17.6 Å². The molecule has 4 heteroatoms. The molecule has 82 valence electrons. The van der Waals surface area contributed by atoms with Gasteiger partial charge in [0.05, 0.1) is 7.11 Å². The van der Waals surface area contributed by atoms with Crippen molar-refractivity contribution in [3.05, 3.63) is 54.1 Å². The first-order valence-electron chi connectivity index (χ1n) is 4.74. The quantitative estimate of drug-likeness (QED) is 0.726. The Bertz CT molecular complexity index is 502. The number of carbonyl (C=O) groups excluding carboxylic acids is 1. The Morgan fingerprint density at radius 1 is 1.25 bits per heavy atom. The van der Waals surface area contributed by atoms with Crippen molar-refractivity contribution in [1.29, 1.82) is 0 Å². The molecule has 0 spiro atoms. The Balaban J connectivity index is 2.44. The average Bonchev–Trinajstić information content (AvgIpc) is 2.78. The highest BCUT2D eigenvalue weighted by atomic mass is 19.1. The third-order valence-corrected chi connectivity index (χ3v) is 2.25. The van der Waals surface area contributed by atoms with Gasteiger partial charge in [0.1, 0.15) is 11.5 Å². The fourth-order valence-corrected chi connectivity index (χ4v) is 1.48. The zero-order valence-electron chi connectivity index (χ0n) is 8.68. The van der Waals surface area contributed by atoms with E-state index in [1.54, 1.807) is 35.0 Å². The lowest BCUT2D eigenvalue weighted by Gasteiger charge is -2.07. The van der Waals surface area contributed by atoms with E-state index in [9.17, 15) is 9.18 Å². The second-order valence-corrected chi connectivity index (χ2v) is 3.23. The number of esters is 1. The van der Waals surface area contributed by atoms with Crippen molar-refractivity contribution in [2.45, 2.75) is 0 Å². The summed E-state index contributed by atoms with van der Waals surface area (Å²) in [5.41, 5.74) is 1.13. The van der Waals surface area contributed by atoms with Gasteiger partial charge in [0.15, 0.2) is 0 Å². The van der Waals surface area contributed by atoms with Crippen LogP contribution in [0.5, 0.6) is 0 Å². The second kappa shape index (κ2) is 4.18. The molecule has 0 aliphatic carbocycles. The maximum atomic E-state index is 12.8. The molecule has 1 aromatic heterocycles. The van der Waals surface area contributed by atoms with E-state index in [2.05, 4.69) is 4.74 Å². The number of rotatable bonds is 2. The van der Waals surface area contributed by atoms with E-state index in [1.807, 2.05) is 0 Å². The molecular weight excluding hydrogens is 209 g/mol. The molecule has 3 nitrogen and oxygen atoms in total. The van der Waals surface area contributed by atoms with Crippen LogP contribution in [0.15, 0.2) is 42.6 Å². The molecule has 16 heavy (non-hydrogen) atoms. The highest BCUT2D eigenvalue weighted by Crippen LogP contribution is 2.14. The minimum absolute atomic E-state index is 0.310. The van der Waals surface area contributed by atoms with Gasteiger partial charge in [0.25, 0.3) is 0 Å². The molecule has 0 amide bonds. The van der Waals surface area contributed by atoms with E-state index in [0.717, 1.165) is 0 Å². The maximum absolute atomic E-state index is 12.8. The summed E-state index contributed by atoms with van der Waals surface area (Å²) < 4.78 is 19.0. The van der Waals surface area contributed by atoms with Crippen molar-refractivity contribution >= 4 is 5.97 Å². The van der Waals surface area contributed by atoms with E-state index in [4.69, 9.17) is 0 Å². The summed E-state index contributed by atoms with van der Waals surface area (Å²) in [5, 5.41) is 0. The number of ether oxygens (including phenoxy) is 1. The lowest BCUT2D eigenvalue weighted by atomic mass is 10.3. The molecule has 0 fully saturated rings. The SMILES string of the molecule is COC(=O)c1cccn1-c1ccc(F)cc1. The number of aromatic nitrogens is 1. The van der Waals surface area contributed by atoms with Crippen LogP contribution in [0.2, 0.25) is 0 Å². The van der Waals surface area contributed by atoms with Crippen LogP contribution in [0.1, 0.15) is 10.5 Å². The standard InChI is InChI=1S/C12H10FNO2/c1-16-12(15)11-3-2-8-14(11)10-6-4-9(13)5-7-10/h2-8H,1H3. The Labute approximate surface area is 92.1 Å². The Morgan fingerprint density at radius 2 is 1.94 bits per heavy atom. The molecule has 2 rings (SSSR count). The Hall–Kier alpha value is -2.10. The van der Waals surface area contributed by atoms with Crippen LogP contribution in [0.3, 0.4) is 0 Å². The summed E-state index contributed by atoms with van der Waals surface area (Å²) in [5.74, 6) is -0.732. The van der Waals surface area contributed by atoms with Gasteiger partial charge in [-0.3, -0.25) is 0 Å². The highest BCUT2D eigenvalue weighted by Gasteiger charge is 2.11. The van der Waals surface area contributed by atoms with Crippen molar-refractivity contribution in [2.24, 2.45) is 0 Å². The summed E-state index contributed by atoms with van der Waals surface area (Å²) in [6.07, 6.45) is 1.72. The summed E-state index contributed by atoms with van der Waals surface area (Å²) in [7, 11) is 1.32. The molecular formula is C12H10FNO2. The normalized spacial score (nSPS) is 10.1. The van der Waals surface area contributed by atoms with Crippen molar-refractivity contribution in [2.75, 3.05) is 7.11 Å². The fourth-order valence-electron chi connectivity index (χ4n) is 1.48. The maximum Gasteiger partial charge on any atom is 0.355 e. The van der Waals surface area contributed by atoms with Gasteiger partial charge in [-0.05, 0) is 36.4 Å². The van der Waals surface area contributed by atoms with Gasteiger partial charge in [0.2, 0.25) is 0 Å². The molecule has 0 N–H and O–H groups in total. The molecule has 1 aromatic carbocycles. The first-order chi connectivity index (χ1) is 7.72. The van der Waals surface area contributed by atoms with Gasteiger partial charge < -0.3 is 9.30 Å². The molecule has 0 aliphatic rings. The van der Waals surface area contributed by atoms with Crippen LogP contribution in [-0.2, 0) is 4.74 Å². The van der Waals surface area contributed by atoms with Gasteiger partial charge in [-0.25, -0.2) is 9.18 Å². The average molecular weight is 219 g/mol. The van der Waals surface area contributed by atoms with Crippen LogP contribution < -0.4 is 0 Å². The van der Waals surface area contributed by atoms with Crippen LogP contribution in [0.25, 0.3) is 5.69 Å². The van der Waals surface area contributed by atoms with Crippen LogP contribution in [0, 0.1) is 5.82 Å². The number of halogens is 1. The number of carbonyl (C=O) groups is 1. The number of hydrogen-bond acceptors (Lipinski definition) is 2. The number of hydrogen-bond donors (Lipinski definition) is 0. The highest BCUT2D eigenvalue weighted by molar-refractivity contribution is 5.88. The molecule has 0 unspecified atom stereocenters. The zero-order chi connectivity index (χ0) is 11.5. The minimum Gasteiger partial charge on any atom is -0.464 e. The summed E-state index contributed by atoms with van der Waals surface area (Å²) in [4.78, 5) is 11.4. The molecule has 0 bridgehead atoms. The molecule has 0 atom stereocenters. The smallest absolute Gasteiger partial charge is 0.355 e. The monoisotopic (exact) mass is 219 g/mol.